The smallest absolute Gasteiger partial charge is 0.335 e. The van der Waals surface area contributed by atoms with Crippen LogP contribution in [0.15, 0.2) is 36.5 Å². The van der Waals surface area contributed by atoms with Gasteiger partial charge >= 0.3 is 5.97 Å². The van der Waals surface area contributed by atoms with E-state index in [0.29, 0.717) is 17.0 Å². The second-order valence-corrected chi connectivity index (χ2v) is 4.36. The number of aromatic carboxylic acids is 1. The highest BCUT2D eigenvalue weighted by atomic mass is 19.1. The van der Waals surface area contributed by atoms with Gasteiger partial charge in [0.1, 0.15) is 11.5 Å². The molecule has 1 aromatic carbocycles. The van der Waals surface area contributed by atoms with E-state index in [1.54, 1.807) is 17.7 Å². The van der Waals surface area contributed by atoms with Crippen molar-refractivity contribution in [1.82, 2.24) is 14.5 Å². The molecule has 100 valence electrons. The average molecular weight is 271 g/mol. The second-order valence-electron chi connectivity index (χ2n) is 4.36. The summed E-state index contributed by atoms with van der Waals surface area (Å²) < 4.78 is 14.7. The van der Waals surface area contributed by atoms with E-state index in [1.165, 1.54) is 24.3 Å². The molecule has 2 aromatic heterocycles. The van der Waals surface area contributed by atoms with E-state index in [1.807, 2.05) is 0 Å². The fourth-order valence-corrected chi connectivity index (χ4v) is 2.07. The fourth-order valence-electron chi connectivity index (χ4n) is 2.07. The lowest BCUT2D eigenvalue weighted by atomic mass is 10.2. The number of imidazole rings is 1. The average Bonchev–Trinajstić information content (AvgIpc) is 2.76. The largest absolute Gasteiger partial charge is 0.478 e. The van der Waals surface area contributed by atoms with Gasteiger partial charge in [0.05, 0.1) is 22.8 Å². The van der Waals surface area contributed by atoms with Crippen molar-refractivity contribution in [1.29, 1.82) is 0 Å². The Hall–Kier alpha value is -2.76. The number of carboxylic acid groups (broad SMARTS) is 1. The van der Waals surface area contributed by atoms with Crippen molar-refractivity contribution in [2.75, 3.05) is 0 Å². The van der Waals surface area contributed by atoms with Gasteiger partial charge in [-0.05, 0) is 30.3 Å². The quantitative estimate of drug-likeness (QED) is 0.777. The van der Waals surface area contributed by atoms with Gasteiger partial charge in [-0.2, -0.15) is 0 Å². The number of halogens is 1. The number of aromatic nitrogens is 3. The molecule has 6 heteroatoms. The summed E-state index contributed by atoms with van der Waals surface area (Å²) in [6.45, 7) is 0. The lowest BCUT2D eigenvalue weighted by Gasteiger charge is -2.01. The number of carbonyl (C=O) groups is 1. The molecule has 3 aromatic rings. The van der Waals surface area contributed by atoms with Gasteiger partial charge in [-0.15, -0.1) is 0 Å². The first kappa shape index (κ1) is 12.3. The maximum atomic E-state index is 12.9. The Balaban J connectivity index is 2.19. The van der Waals surface area contributed by atoms with Crippen LogP contribution < -0.4 is 0 Å². The maximum Gasteiger partial charge on any atom is 0.335 e. The van der Waals surface area contributed by atoms with Gasteiger partial charge < -0.3 is 9.67 Å². The zero-order chi connectivity index (χ0) is 14.3. The van der Waals surface area contributed by atoms with Crippen LogP contribution in [0, 0.1) is 5.82 Å². The van der Waals surface area contributed by atoms with E-state index in [-0.39, 0.29) is 5.56 Å². The summed E-state index contributed by atoms with van der Waals surface area (Å²) in [6.07, 6.45) is 1.12. The van der Waals surface area contributed by atoms with Gasteiger partial charge in [-0.25, -0.2) is 19.2 Å². The highest BCUT2D eigenvalue weighted by molar-refractivity contribution is 5.93. The third-order valence-corrected chi connectivity index (χ3v) is 3.08. The molecule has 0 spiro atoms. The number of hydrogen-bond acceptors (Lipinski definition) is 3. The minimum atomic E-state index is -1.00. The first-order chi connectivity index (χ1) is 9.56. The van der Waals surface area contributed by atoms with Crippen LogP contribution in [-0.4, -0.2) is 25.6 Å². The van der Waals surface area contributed by atoms with Crippen LogP contribution >= 0.6 is 0 Å². The van der Waals surface area contributed by atoms with Crippen LogP contribution in [0.2, 0.25) is 0 Å². The van der Waals surface area contributed by atoms with Crippen molar-refractivity contribution >= 4 is 17.0 Å². The summed E-state index contributed by atoms with van der Waals surface area (Å²) in [7, 11) is 1.80. The van der Waals surface area contributed by atoms with Crippen LogP contribution in [0.1, 0.15) is 10.4 Å². The predicted octanol–water partition coefficient (Wildman–Crippen LogP) is 2.47. The normalized spacial score (nSPS) is 10.9. The highest BCUT2D eigenvalue weighted by Crippen LogP contribution is 2.23. The van der Waals surface area contributed by atoms with E-state index < -0.39 is 11.8 Å². The van der Waals surface area contributed by atoms with Crippen molar-refractivity contribution in [2.45, 2.75) is 0 Å². The molecular formula is C14H10FN3O2. The Morgan fingerprint density at radius 1 is 1.30 bits per heavy atom. The number of carboxylic acids is 1. The Morgan fingerprint density at radius 2 is 2.10 bits per heavy atom. The van der Waals surface area contributed by atoms with E-state index >= 15 is 0 Å². The molecular weight excluding hydrogens is 261 g/mol. The van der Waals surface area contributed by atoms with Crippen LogP contribution in [0.5, 0.6) is 0 Å². The second kappa shape index (κ2) is 4.41. The van der Waals surface area contributed by atoms with Crippen molar-refractivity contribution < 1.29 is 14.3 Å². The van der Waals surface area contributed by atoms with Crippen molar-refractivity contribution in [3.63, 3.8) is 0 Å². The van der Waals surface area contributed by atoms with Gasteiger partial charge in [0.25, 0.3) is 0 Å². The molecule has 5 nitrogen and oxygen atoms in total. The Kier molecular flexibility index (Phi) is 2.71. The zero-order valence-corrected chi connectivity index (χ0v) is 10.5. The first-order valence-electron chi connectivity index (χ1n) is 5.88. The highest BCUT2D eigenvalue weighted by Gasteiger charge is 2.13. The molecule has 0 radical (unpaired) electrons. The molecule has 0 aliphatic rings. The summed E-state index contributed by atoms with van der Waals surface area (Å²) >= 11 is 0. The summed E-state index contributed by atoms with van der Waals surface area (Å²) in [5.74, 6) is -0.859. The maximum absolute atomic E-state index is 12.9. The molecule has 0 saturated carbocycles. The summed E-state index contributed by atoms with van der Waals surface area (Å²) in [4.78, 5) is 19.3. The topological polar surface area (TPSA) is 68.0 Å². The van der Waals surface area contributed by atoms with Crippen LogP contribution in [0.4, 0.5) is 4.39 Å². The third kappa shape index (κ3) is 1.91. The number of hydrogen-bond donors (Lipinski definition) is 1. The molecule has 0 atom stereocenters. The Morgan fingerprint density at radius 3 is 2.75 bits per heavy atom. The number of nitrogens with zero attached hydrogens (tertiary/aromatic N) is 3. The minimum absolute atomic E-state index is 0.175. The van der Waals surface area contributed by atoms with Gasteiger partial charge in [-0.1, -0.05) is 0 Å². The Labute approximate surface area is 113 Å². The predicted molar refractivity (Wildman–Crippen MR) is 70.9 cm³/mol. The molecule has 0 bridgehead atoms. The van der Waals surface area contributed by atoms with E-state index in [2.05, 4.69) is 9.97 Å². The zero-order valence-electron chi connectivity index (χ0n) is 10.5. The SMILES string of the molecule is Cn1c(-c2ccc(F)cn2)nc2cc(C(=O)O)ccc21. The molecule has 2 heterocycles. The van der Waals surface area contributed by atoms with Crippen molar-refractivity contribution in [3.8, 4) is 11.5 Å². The summed E-state index contributed by atoms with van der Waals surface area (Å²) in [5.41, 5.74) is 2.06. The molecule has 0 saturated heterocycles. The van der Waals surface area contributed by atoms with Crippen LogP contribution in [0.3, 0.4) is 0 Å². The minimum Gasteiger partial charge on any atom is -0.478 e. The molecule has 0 aliphatic carbocycles. The number of fused-ring (bicyclic) bond motifs is 1. The molecule has 0 aliphatic heterocycles. The molecule has 0 fully saturated rings. The van der Waals surface area contributed by atoms with Gasteiger partial charge in [0.2, 0.25) is 0 Å². The lowest BCUT2D eigenvalue weighted by molar-refractivity contribution is 0.0697. The van der Waals surface area contributed by atoms with E-state index in [0.717, 1.165) is 11.7 Å². The van der Waals surface area contributed by atoms with Gasteiger partial charge in [0, 0.05) is 7.05 Å². The number of aryl methyl sites for hydroxylation is 1. The van der Waals surface area contributed by atoms with Crippen LogP contribution in [-0.2, 0) is 7.05 Å². The van der Waals surface area contributed by atoms with E-state index in [9.17, 15) is 9.18 Å². The summed E-state index contributed by atoms with van der Waals surface area (Å²) in [6, 6.07) is 7.57. The molecule has 0 amide bonds. The molecule has 3 rings (SSSR count). The van der Waals surface area contributed by atoms with Gasteiger partial charge in [0.15, 0.2) is 5.82 Å². The fraction of sp³-hybridized carbons (Fsp3) is 0.0714. The number of benzene rings is 1. The molecule has 0 unspecified atom stereocenters. The van der Waals surface area contributed by atoms with Gasteiger partial charge in [-0.3, -0.25) is 0 Å². The van der Waals surface area contributed by atoms with E-state index in [4.69, 9.17) is 5.11 Å². The lowest BCUT2D eigenvalue weighted by Crippen LogP contribution is -1.96. The third-order valence-electron chi connectivity index (χ3n) is 3.08. The first-order valence-corrected chi connectivity index (χ1v) is 5.88. The van der Waals surface area contributed by atoms with Crippen molar-refractivity contribution in [2.24, 2.45) is 7.05 Å². The summed E-state index contributed by atoms with van der Waals surface area (Å²) in [5, 5.41) is 8.98. The molecule has 1 N–H and O–H groups in total. The van der Waals surface area contributed by atoms with Crippen LogP contribution in [0.25, 0.3) is 22.6 Å². The monoisotopic (exact) mass is 271 g/mol. The Bertz CT molecular complexity index is 809. The number of pyridine rings is 1. The standard InChI is InChI=1S/C14H10FN3O2/c1-18-12-5-2-8(14(19)20)6-11(12)17-13(18)10-4-3-9(15)7-16-10/h2-7H,1H3,(H,19,20). The van der Waals surface area contributed by atoms with Crippen molar-refractivity contribution in [3.05, 3.63) is 47.9 Å². The molecule has 20 heavy (non-hydrogen) atoms. The number of rotatable bonds is 2.